The quantitative estimate of drug-likeness (QED) is 0.620. The van der Waals surface area contributed by atoms with E-state index in [0.29, 0.717) is 6.61 Å². The summed E-state index contributed by atoms with van der Waals surface area (Å²) in [6.07, 6.45) is 6.48. The van der Waals surface area contributed by atoms with Crippen LogP contribution in [0.2, 0.25) is 0 Å². The van der Waals surface area contributed by atoms with Gasteiger partial charge >= 0.3 is 0 Å². The lowest BCUT2D eigenvalue weighted by Gasteiger charge is -2.13. The molecular formula is C21H25N3O2. The van der Waals surface area contributed by atoms with E-state index in [-0.39, 0.29) is 6.61 Å². The zero-order chi connectivity index (χ0) is 18.2. The standard InChI is InChI=1S/C21H25N3O2/c1-2-11-26-21-8-7-17(12-19(21)15-25)13-23-14-18-5-3-4-6-20(18)24-10-9-22-16-24/h3-10,12,16,23,25H,2,11,13-15H2,1H3. The Hall–Kier alpha value is -2.63. The van der Waals surface area contributed by atoms with Crippen molar-refractivity contribution in [2.75, 3.05) is 6.61 Å². The second-order valence-corrected chi connectivity index (χ2v) is 6.15. The van der Waals surface area contributed by atoms with E-state index < -0.39 is 0 Å². The molecule has 1 heterocycles. The molecule has 0 radical (unpaired) electrons. The average molecular weight is 351 g/mol. The lowest BCUT2D eigenvalue weighted by Crippen LogP contribution is -2.14. The molecule has 0 saturated heterocycles. The molecule has 5 nitrogen and oxygen atoms in total. The third-order valence-corrected chi connectivity index (χ3v) is 4.18. The monoisotopic (exact) mass is 351 g/mol. The van der Waals surface area contributed by atoms with Crippen LogP contribution in [0.15, 0.2) is 61.2 Å². The molecule has 0 spiro atoms. The molecule has 3 aromatic rings. The normalized spacial score (nSPS) is 10.8. The molecule has 0 aliphatic rings. The van der Waals surface area contributed by atoms with Crippen LogP contribution in [-0.4, -0.2) is 21.3 Å². The molecule has 136 valence electrons. The molecule has 0 amide bonds. The fourth-order valence-corrected chi connectivity index (χ4v) is 2.87. The van der Waals surface area contributed by atoms with E-state index in [1.54, 1.807) is 12.5 Å². The Kier molecular flexibility index (Phi) is 6.41. The molecule has 0 aliphatic carbocycles. The van der Waals surface area contributed by atoms with Gasteiger partial charge in [-0.15, -0.1) is 0 Å². The van der Waals surface area contributed by atoms with Crippen molar-refractivity contribution in [2.45, 2.75) is 33.0 Å². The first-order valence-corrected chi connectivity index (χ1v) is 8.94. The molecule has 2 N–H and O–H groups in total. The lowest BCUT2D eigenvalue weighted by molar-refractivity contribution is 0.262. The predicted octanol–water partition coefficient (Wildman–Crippen LogP) is 3.44. The van der Waals surface area contributed by atoms with Crippen LogP contribution < -0.4 is 10.1 Å². The largest absolute Gasteiger partial charge is 0.493 e. The fraction of sp³-hybridized carbons (Fsp3) is 0.286. The number of benzene rings is 2. The third-order valence-electron chi connectivity index (χ3n) is 4.18. The van der Waals surface area contributed by atoms with Crippen molar-refractivity contribution in [3.8, 4) is 11.4 Å². The molecule has 0 fully saturated rings. The Bertz CT molecular complexity index is 816. The van der Waals surface area contributed by atoms with Crippen molar-refractivity contribution in [1.82, 2.24) is 14.9 Å². The highest BCUT2D eigenvalue weighted by Crippen LogP contribution is 2.21. The first-order valence-electron chi connectivity index (χ1n) is 8.94. The van der Waals surface area contributed by atoms with E-state index >= 15 is 0 Å². The lowest BCUT2D eigenvalue weighted by atomic mass is 10.1. The summed E-state index contributed by atoms with van der Waals surface area (Å²) in [5, 5.41) is 13.1. The van der Waals surface area contributed by atoms with E-state index in [1.165, 1.54) is 5.56 Å². The van der Waals surface area contributed by atoms with Gasteiger partial charge in [-0.3, -0.25) is 0 Å². The first kappa shape index (κ1) is 18.2. The van der Waals surface area contributed by atoms with Gasteiger partial charge in [0.15, 0.2) is 0 Å². The van der Waals surface area contributed by atoms with Crippen LogP contribution in [0.5, 0.6) is 5.75 Å². The smallest absolute Gasteiger partial charge is 0.124 e. The van der Waals surface area contributed by atoms with Crippen molar-refractivity contribution >= 4 is 0 Å². The molecule has 0 saturated carbocycles. The van der Waals surface area contributed by atoms with E-state index in [2.05, 4.69) is 29.4 Å². The summed E-state index contributed by atoms with van der Waals surface area (Å²) in [5.41, 5.74) is 4.28. The highest BCUT2D eigenvalue weighted by Gasteiger charge is 2.06. The highest BCUT2D eigenvalue weighted by atomic mass is 16.5. The van der Waals surface area contributed by atoms with Gasteiger partial charge in [0.25, 0.3) is 0 Å². The number of para-hydroxylation sites is 1. The Morgan fingerprint density at radius 3 is 2.77 bits per heavy atom. The Balaban J connectivity index is 1.64. The second kappa shape index (κ2) is 9.17. The van der Waals surface area contributed by atoms with Gasteiger partial charge in [0.2, 0.25) is 0 Å². The average Bonchev–Trinajstić information content (AvgIpc) is 3.22. The maximum absolute atomic E-state index is 9.58. The zero-order valence-corrected chi connectivity index (χ0v) is 15.1. The van der Waals surface area contributed by atoms with Crippen LogP contribution in [0.25, 0.3) is 5.69 Å². The maximum Gasteiger partial charge on any atom is 0.124 e. The minimum absolute atomic E-state index is 0.0175. The van der Waals surface area contributed by atoms with Gasteiger partial charge in [0, 0.05) is 31.0 Å². The number of hydrogen-bond acceptors (Lipinski definition) is 4. The highest BCUT2D eigenvalue weighted by molar-refractivity contribution is 5.41. The number of aliphatic hydroxyl groups excluding tert-OH is 1. The van der Waals surface area contributed by atoms with Crippen LogP contribution in [0, 0.1) is 0 Å². The Labute approximate surface area is 154 Å². The number of nitrogens with zero attached hydrogens (tertiary/aromatic N) is 2. The van der Waals surface area contributed by atoms with E-state index in [0.717, 1.165) is 42.1 Å². The number of aliphatic hydroxyl groups is 1. The van der Waals surface area contributed by atoms with Crippen molar-refractivity contribution in [3.05, 3.63) is 77.9 Å². The molecule has 1 aromatic heterocycles. The van der Waals surface area contributed by atoms with Gasteiger partial charge in [-0.25, -0.2) is 4.98 Å². The second-order valence-electron chi connectivity index (χ2n) is 6.15. The van der Waals surface area contributed by atoms with Gasteiger partial charge in [-0.2, -0.15) is 0 Å². The van der Waals surface area contributed by atoms with Gasteiger partial charge in [-0.1, -0.05) is 31.2 Å². The minimum atomic E-state index is -0.0175. The molecule has 0 atom stereocenters. The molecule has 5 heteroatoms. The molecular weight excluding hydrogens is 326 g/mol. The summed E-state index contributed by atoms with van der Waals surface area (Å²) in [6, 6.07) is 14.3. The SMILES string of the molecule is CCCOc1ccc(CNCc2ccccc2-n2ccnc2)cc1CO. The molecule has 26 heavy (non-hydrogen) atoms. The fourth-order valence-electron chi connectivity index (χ4n) is 2.87. The zero-order valence-electron chi connectivity index (χ0n) is 15.1. The predicted molar refractivity (Wildman–Crippen MR) is 102 cm³/mol. The maximum atomic E-state index is 9.58. The van der Waals surface area contributed by atoms with Crippen LogP contribution in [0.4, 0.5) is 0 Å². The number of aromatic nitrogens is 2. The molecule has 2 aromatic carbocycles. The topological polar surface area (TPSA) is 59.3 Å². The van der Waals surface area contributed by atoms with Crippen molar-refractivity contribution in [1.29, 1.82) is 0 Å². The van der Waals surface area contributed by atoms with Gasteiger partial charge < -0.3 is 19.7 Å². The van der Waals surface area contributed by atoms with E-state index in [9.17, 15) is 5.11 Å². The van der Waals surface area contributed by atoms with Crippen molar-refractivity contribution in [3.63, 3.8) is 0 Å². The summed E-state index contributed by atoms with van der Waals surface area (Å²) in [5.74, 6) is 0.767. The van der Waals surface area contributed by atoms with Gasteiger partial charge in [0.1, 0.15) is 5.75 Å². The molecule has 0 aliphatic heterocycles. The first-order chi connectivity index (χ1) is 12.8. The Morgan fingerprint density at radius 2 is 2.00 bits per heavy atom. The van der Waals surface area contributed by atoms with Crippen LogP contribution >= 0.6 is 0 Å². The third kappa shape index (κ3) is 4.50. The number of ether oxygens (including phenoxy) is 1. The molecule has 0 unspecified atom stereocenters. The van der Waals surface area contributed by atoms with Gasteiger partial charge in [0.05, 0.1) is 25.2 Å². The van der Waals surface area contributed by atoms with E-state index in [1.807, 2.05) is 41.1 Å². The number of rotatable bonds is 9. The molecule has 3 rings (SSSR count). The van der Waals surface area contributed by atoms with Crippen molar-refractivity contribution < 1.29 is 9.84 Å². The van der Waals surface area contributed by atoms with Crippen LogP contribution in [-0.2, 0) is 19.7 Å². The van der Waals surface area contributed by atoms with Crippen LogP contribution in [0.3, 0.4) is 0 Å². The van der Waals surface area contributed by atoms with Crippen LogP contribution in [0.1, 0.15) is 30.0 Å². The summed E-state index contributed by atoms with van der Waals surface area (Å²) >= 11 is 0. The van der Waals surface area contributed by atoms with E-state index in [4.69, 9.17) is 4.74 Å². The minimum Gasteiger partial charge on any atom is -0.493 e. The number of hydrogen-bond donors (Lipinski definition) is 2. The van der Waals surface area contributed by atoms with Crippen molar-refractivity contribution in [2.24, 2.45) is 0 Å². The summed E-state index contributed by atoms with van der Waals surface area (Å²) < 4.78 is 7.69. The number of imidazole rings is 1. The summed E-state index contributed by atoms with van der Waals surface area (Å²) in [6.45, 7) is 4.18. The Morgan fingerprint density at radius 1 is 1.12 bits per heavy atom. The molecule has 0 bridgehead atoms. The summed E-state index contributed by atoms with van der Waals surface area (Å²) in [7, 11) is 0. The summed E-state index contributed by atoms with van der Waals surface area (Å²) in [4.78, 5) is 4.12. The number of nitrogens with one attached hydrogen (secondary N) is 1. The van der Waals surface area contributed by atoms with Gasteiger partial charge in [-0.05, 0) is 35.7 Å².